The molecular formula is C13H18N2O. The second-order valence-electron chi connectivity index (χ2n) is 3.52. The van der Waals surface area contributed by atoms with Gasteiger partial charge in [0.2, 0.25) is 0 Å². The average Bonchev–Trinajstić information content (AvgIpc) is 2.31. The summed E-state index contributed by atoms with van der Waals surface area (Å²) < 4.78 is 1.67. The van der Waals surface area contributed by atoms with Crippen molar-refractivity contribution in [1.29, 1.82) is 0 Å². The van der Waals surface area contributed by atoms with Gasteiger partial charge in [-0.2, -0.15) is 0 Å². The second kappa shape index (κ2) is 4.92. The Bertz CT molecular complexity index is 556. The molecule has 0 atom stereocenters. The molecule has 0 N–H and O–H groups in total. The van der Waals surface area contributed by atoms with Gasteiger partial charge in [-0.15, -0.1) is 0 Å². The van der Waals surface area contributed by atoms with Gasteiger partial charge in [-0.3, -0.25) is 9.78 Å². The predicted molar refractivity (Wildman–Crippen MR) is 67.8 cm³/mol. The van der Waals surface area contributed by atoms with Crippen molar-refractivity contribution in [1.82, 2.24) is 9.55 Å². The summed E-state index contributed by atoms with van der Waals surface area (Å²) in [5.74, 6) is 0. The van der Waals surface area contributed by atoms with E-state index in [2.05, 4.69) is 4.98 Å². The van der Waals surface area contributed by atoms with E-state index < -0.39 is 0 Å². The van der Waals surface area contributed by atoms with Crippen LogP contribution in [0.5, 0.6) is 0 Å². The van der Waals surface area contributed by atoms with Crippen molar-refractivity contribution in [2.75, 3.05) is 0 Å². The fourth-order valence-corrected chi connectivity index (χ4v) is 1.69. The highest BCUT2D eigenvalue weighted by Gasteiger charge is 2.04. The van der Waals surface area contributed by atoms with E-state index in [0.717, 1.165) is 22.2 Å². The maximum absolute atomic E-state index is 11.6. The molecule has 3 nitrogen and oxygen atoms in total. The molecule has 0 fully saturated rings. The molecule has 0 saturated carbocycles. The first-order valence-corrected chi connectivity index (χ1v) is 5.53. The van der Waals surface area contributed by atoms with Gasteiger partial charge in [0.05, 0.1) is 5.52 Å². The summed E-state index contributed by atoms with van der Waals surface area (Å²) in [6.07, 6.45) is 1.73. The zero-order valence-corrected chi connectivity index (χ0v) is 10.5. The molecule has 16 heavy (non-hydrogen) atoms. The van der Waals surface area contributed by atoms with Gasteiger partial charge in [0, 0.05) is 29.9 Å². The summed E-state index contributed by atoms with van der Waals surface area (Å²) in [5, 5.41) is 1.05. The van der Waals surface area contributed by atoms with E-state index in [1.54, 1.807) is 17.8 Å². The Morgan fingerprint density at radius 3 is 2.50 bits per heavy atom. The van der Waals surface area contributed by atoms with Crippen LogP contribution in [0.15, 0.2) is 23.1 Å². The van der Waals surface area contributed by atoms with Gasteiger partial charge in [0.15, 0.2) is 0 Å². The highest BCUT2D eigenvalue weighted by atomic mass is 16.1. The minimum absolute atomic E-state index is 0.0584. The lowest BCUT2D eigenvalue weighted by Gasteiger charge is -2.07. The number of hydrogen-bond acceptors (Lipinski definition) is 2. The maximum atomic E-state index is 11.6. The first-order chi connectivity index (χ1) is 7.61. The van der Waals surface area contributed by atoms with Crippen molar-refractivity contribution < 1.29 is 0 Å². The largest absolute Gasteiger partial charge is 0.311 e. The van der Waals surface area contributed by atoms with Gasteiger partial charge >= 0.3 is 0 Å². The van der Waals surface area contributed by atoms with Crippen LogP contribution in [0.2, 0.25) is 0 Å². The fourth-order valence-electron chi connectivity index (χ4n) is 1.69. The Hall–Kier alpha value is -1.64. The van der Waals surface area contributed by atoms with E-state index in [4.69, 9.17) is 0 Å². The standard InChI is InChI=1S/C11H12N2O.C2H6/c1-7-6-9-8(2)12-5-4-10(9)13(3)11(7)14;1-2/h4-6H,1-3H3;1-2H3. The van der Waals surface area contributed by atoms with Crippen molar-refractivity contribution in [3.63, 3.8) is 0 Å². The quantitative estimate of drug-likeness (QED) is 0.681. The Balaban J connectivity index is 0.000000606. The normalized spacial score (nSPS) is 9.81. The van der Waals surface area contributed by atoms with Crippen LogP contribution in [0.4, 0.5) is 0 Å². The number of fused-ring (bicyclic) bond motifs is 1. The van der Waals surface area contributed by atoms with Gasteiger partial charge in [0.1, 0.15) is 0 Å². The minimum Gasteiger partial charge on any atom is -0.311 e. The highest BCUT2D eigenvalue weighted by molar-refractivity contribution is 5.81. The van der Waals surface area contributed by atoms with Crippen molar-refractivity contribution >= 4 is 10.9 Å². The number of aryl methyl sites for hydroxylation is 3. The number of pyridine rings is 2. The Labute approximate surface area is 95.8 Å². The van der Waals surface area contributed by atoms with Gasteiger partial charge in [-0.1, -0.05) is 13.8 Å². The van der Waals surface area contributed by atoms with Crippen LogP contribution in [0, 0.1) is 13.8 Å². The topological polar surface area (TPSA) is 34.9 Å². The summed E-state index contributed by atoms with van der Waals surface area (Å²) >= 11 is 0. The Morgan fingerprint density at radius 1 is 1.25 bits per heavy atom. The molecule has 0 spiro atoms. The fraction of sp³-hybridized carbons (Fsp3) is 0.385. The van der Waals surface area contributed by atoms with Crippen LogP contribution >= 0.6 is 0 Å². The van der Waals surface area contributed by atoms with E-state index in [-0.39, 0.29) is 5.56 Å². The van der Waals surface area contributed by atoms with Crippen LogP contribution in [-0.4, -0.2) is 9.55 Å². The molecule has 2 aromatic heterocycles. The van der Waals surface area contributed by atoms with Gasteiger partial charge in [0.25, 0.3) is 5.56 Å². The lowest BCUT2D eigenvalue weighted by Crippen LogP contribution is -2.19. The number of rotatable bonds is 0. The molecule has 2 rings (SSSR count). The summed E-state index contributed by atoms with van der Waals surface area (Å²) in [4.78, 5) is 15.8. The first-order valence-electron chi connectivity index (χ1n) is 5.53. The molecule has 0 bridgehead atoms. The lowest BCUT2D eigenvalue weighted by atomic mass is 10.1. The zero-order valence-electron chi connectivity index (χ0n) is 10.5. The van der Waals surface area contributed by atoms with E-state index >= 15 is 0 Å². The third-order valence-electron chi connectivity index (χ3n) is 2.53. The molecule has 2 aromatic rings. The summed E-state index contributed by atoms with van der Waals surface area (Å²) in [7, 11) is 1.79. The van der Waals surface area contributed by atoms with Gasteiger partial charge in [-0.25, -0.2) is 0 Å². The van der Waals surface area contributed by atoms with E-state index in [1.165, 1.54) is 0 Å². The monoisotopic (exact) mass is 218 g/mol. The molecule has 2 heterocycles. The number of nitrogens with zero attached hydrogens (tertiary/aromatic N) is 2. The SMILES string of the molecule is CC.Cc1cc2c(C)nccc2n(C)c1=O. The van der Waals surface area contributed by atoms with Crippen molar-refractivity contribution in [3.05, 3.63) is 39.9 Å². The molecule has 0 aromatic carbocycles. The molecular weight excluding hydrogens is 200 g/mol. The molecule has 3 heteroatoms. The smallest absolute Gasteiger partial charge is 0.253 e. The van der Waals surface area contributed by atoms with Crippen LogP contribution in [0.25, 0.3) is 10.9 Å². The number of aromatic nitrogens is 2. The summed E-state index contributed by atoms with van der Waals surface area (Å²) in [6, 6.07) is 3.77. The summed E-state index contributed by atoms with van der Waals surface area (Å²) in [6.45, 7) is 7.78. The van der Waals surface area contributed by atoms with Crippen LogP contribution in [0.1, 0.15) is 25.1 Å². The zero-order chi connectivity index (χ0) is 12.3. The van der Waals surface area contributed by atoms with E-state index in [9.17, 15) is 4.79 Å². The highest BCUT2D eigenvalue weighted by Crippen LogP contribution is 2.14. The van der Waals surface area contributed by atoms with Crippen molar-refractivity contribution in [2.45, 2.75) is 27.7 Å². The molecule has 0 radical (unpaired) electrons. The average molecular weight is 218 g/mol. The first kappa shape index (κ1) is 12.4. The molecule has 0 amide bonds. The van der Waals surface area contributed by atoms with Gasteiger partial charge < -0.3 is 4.57 Å². The second-order valence-corrected chi connectivity index (χ2v) is 3.52. The van der Waals surface area contributed by atoms with Crippen LogP contribution in [-0.2, 0) is 7.05 Å². The van der Waals surface area contributed by atoms with Crippen molar-refractivity contribution in [2.24, 2.45) is 7.05 Å². The molecule has 86 valence electrons. The third-order valence-corrected chi connectivity index (χ3v) is 2.53. The molecule has 0 aliphatic heterocycles. The minimum atomic E-state index is 0.0584. The molecule has 0 aliphatic rings. The van der Waals surface area contributed by atoms with Gasteiger partial charge in [-0.05, 0) is 26.0 Å². The molecule has 0 saturated heterocycles. The Kier molecular flexibility index (Phi) is 3.82. The van der Waals surface area contributed by atoms with E-state index in [1.807, 2.05) is 39.8 Å². The van der Waals surface area contributed by atoms with Crippen LogP contribution < -0.4 is 5.56 Å². The predicted octanol–water partition coefficient (Wildman–Crippen LogP) is 2.58. The van der Waals surface area contributed by atoms with Crippen LogP contribution in [0.3, 0.4) is 0 Å². The van der Waals surface area contributed by atoms with Crippen molar-refractivity contribution in [3.8, 4) is 0 Å². The number of hydrogen-bond donors (Lipinski definition) is 0. The Morgan fingerprint density at radius 2 is 1.88 bits per heavy atom. The summed E-state index contributed by atoms with van der Waals surface area (Å²) in [5.41, 5.74) is 2.72. The van der Waals surface area contributed by atoms with E-state index in [0.29, 0.717) is 0 Å². The molecule has 0 aliphatic carbocycles. The maximum Gasteiger partial charge on any atom is 0.253 e. The molecule has 0 unspecified atom stereocenters. The lowest BCUT2D eigenvalue weighted by molar-refractivity contribution is 0.890. The third kappa shape index (κ3) is 1.98.